The maximum absolute atomic E-state index is 5.30. The van der Waals surface area contributed by atoms with Crippen molar-refractivity contribution < 1.29 is 0 Å². The van der Waals surface area contributed by atoms with Crippen molar-refractivity contribution in [1.82, 2.24) is 0 Å². The molecule has 0 unspecified atom stereocenters. The topological polar surface area (TPSA) is 26.0 Å². The van der Waals surface area contributed by atoms with Gasteiger partial charge in [0.2, 0.25) is 0 Å². The van der Waals surface area contributed by atoms with Gasteiger partial charge in [-0.05, 0) is 18.9 Å². The molecule has 0 saturated heterocycles. The van der Waals surface area contributed by atoms with Crippen LogP contribution < -0.4 is 5.73 Å². The van der Waals surface area contributed by atoms with Crippen LogP contribution >= 0.6 is 0 Å². The number of nitrogens with two attached hydrogens (primary N) is 1. The van der Waals surface area contributed by atoms with Gasteiger partial charge in [-0.1, -0.05) is 20.3 Å². The van der Waals surface area contributed by atoms with Crippen LogP contribution in [0.25, 0.3) is 0 Å². The van der Waals surface area contributed by atoms with Crippen LogP contribution in [-0.4, -0.2) is 6.54 Å². The van der Waals surface area contributed by atoms with Gasteiger partial charge in [0.1, 0.15) is 0 Å². The zero-order valence-electron chi connectivity index (χ0n) is 5.28. The minimum Gasteiger partial charge on any atom is -0.330 e. The molecule has 0 radical (unpaired) electrons. The van der Waals surface area contributed by atoms with Crippen LogP contribution in [0.3, 0.4) is 0 Å². The standard InChI is InChI=1S/C6H15N/c1-3-6(2)4-5-7/h6H,3-5,7H2,1-2H3/t6-/m0/s1. The van der Waals surface area contributed by atoms with Crippen LogP contribution in [0.1, 0.15) is 26.7 Å². The summed E-state index contributed by atoms with van der Waals surface area (Å²) in [5, 5.41) is 0. The van der Waals surface area contributed by atoms with E-state index in [0.717, 1.165) is 12.5 Å². The van der Waals surface area contributed by atoms with E-state index in [1.54, 1.807) is 0 Å². The first kappa shape index (κ1) is 6.96. The molecule has 0 rings (SSSR count). The van der Waals surface area contributed by atoms with Crippen molar-refractivity contribution in [3.8, 4) is 0 Å². The first-order valence-corrected chi connectivity index (χ1v) is 3.01. The fourth-order valence-corrected chi connectivity index (χ4v) is 0.489. The summed E-state index contributed by atoms with van der Waals surface area (Å²) < 4.78 is 0. The molecule has 0 spiro atoms. The van der Waals surface area contributed by atoms with Gasteiger partial charge in [-0.2, -0.15) is 0 Å². The van der Waals surface area contributed by atoms with E-state index < -0.39 is 0 Å². The highest BCUT2D eigenvalue weighted by molar-refractivity contribution is 4.48. The second-order valence-electron chi connectivity index (χ2n) is 2.09. The Morgan fingerprint density at radius 2 is 2.14 bits per heavy atom. The van der Waals surface area contributed by atoms with Gasteiger partial charge in [-0.25, -0.2) is 0 Å². The summed E-state index contributed by atoms with van der Waals surface area (Å²) in [5.74, 6) is 0.824. The third-order valence-corrected chi connectivity index (χ3v) is 1.36. The molecule has 0 aliphatic carbocycles. The van der Waals surface area contributed by atoms with E-state index in [1.165, 1.54) is 12.8 Å². The van der Waals surface area contributed by atoms with Crippen LogP contribution in [0.15, 0.2) is 0 Å². The Morgan fingerprint density at radius 1 is 1.57 bits per heavy atom. The summed E-state index contributed by atoms with van der Waals surface area (Å²) in [6.07, 6.45) is 2.44. The first-order valence-electron chi connectivity index (χ1n) is 3.01. The minimum atomic E-state index is 0.824. The molecule has 0 bridgehead atoms. The molecule has 0 aromatic carbocycles. The van der Waals surface area contributed by atoms with Crippen molar-refractivity contribution in [2.75, 3.05) is 6.54 Å². The number of hydrogen-bond donors (Lipinski definition) is 1. The van der Waals surface area contributed by atoms with Crippen molar-refractivity contribution in [3.63, 3.8) is 0 Å². The van der Waals surface area contributed by atoms with E-state index in [0.29, 0.717) is 0 Å². The molecular formula is C6H15N. The van der Waals surface area contributed by atoms with Gasteiger partial charge in [0.25, 0.3) is 0 Å². The maximum atomic E-state index is 5.30. The summed E-state index contributed by atoms with van der Waals surface area (Å²) in [6, 6.07) is 0. The Hall–Kier alpha value is -0.0400. The van der Waals surface area contributed by atoms with E-state index in [1.807, 2.05) is 0 Å². The van der Waals surface area contributed by atoms with Crippen LogP contribution in [0.4, 0.5) is 0 Å². The van der Waals surface area contributed by atoms with Crippen molar-refractivity contribution in [2.45, 2.75) is 26.7 Å². The van der Waals surface area contributed by atoms with Gasteiger partial charge < -0.3 is 5.73 Å². The summed E-state index contributed by atoms with van der Waals surface area (Å²) in [6.45, 7) is 5.27. The molecule has 0 fully saturated rings. The van der Waals surface area contributed by atoms with Gasteiger partial charge in [0.15, 0.2) is 0 Å². The molecule has 0 aromatic heterocycles. The normalized spacial score (nSPS) is 14.1. The van der Waals surface area contributed by atoms with E-state index in [2.05, 4.69) is 13.8 Å². The molecule has 0 amide bonds. The predicted molar refractivity (Wildman–Crippen MR) is 33.1 cm³/mol. The number of hydrogen-bond acceptors (Lipinski definition) is 1. The summed E-state index contributed by atoms with van der Waals surface area (Å²) in [5.41, 5.74) is 5.30. The molecule has 0 heterocycles. The van der Waals surface area contributed by atoms with Gasteiger partial charge in [-0.3, -0.25) is 0 Å². The lowest BCUT2D eigenvalue weighted by atomic mass is 10.1. The van der Waals surface area contributed by atoms with Crippen molar-refractivity contribution >= 4 is 0 Å². The number of rotatable bonds is 3. The SMILES string of the molecule is CC[C@H](C)CCN. The Balaban J connectivity index is 2.83. The zero-order chi connectivity index (χ0) is 5.70. The van der Waals surface area contributed by atoms with Crippen molar-refractivity contribution in [2.24, 2.45) is 11.7 Å². The highest BCUT2D eigenvalue weighted by Crippen LogP contribution is 2.02. The molecule has 1 atom stereocenters. The molecule has 1 nitrogen and oxygen atoms in total. The van der Waals surface area contributed by atoms with E-state index in [4.69, 9.17) is 5.73 Å². The van der Waals surface area contributed by atoms with Crippen molar-refractivity contribution in [1.29, 1.82) is 0 Å². The van der Waals surface area contributed by atoms with Crippen LogP contribution in [0.2, 0.25) is 0 Å². The molecule has 7 heavy (non-hydrogen) atoms. The maximum Gasteiger partial charge on any atom is -0.00747 e. The molecule has 0 saturated carbocycles. The monoisotopic (exact) mass is 101 g/mol. The summed E-state index contributed by atoms with van der Waals surface area (Å²) >= 11 is 0. The first-order chi connectivity index (χ1) is 3.31. The van der Waals surface area contributed by atoms with E-state index >= 15 is 0 Å². The Bertz CT molecular complexity index is 35.2. The highest BCUT2D eigenvalue weighted by Gasteiger charge is 1.92. The van der Waals surface area contributed by atoms with E-state index in [9.17, 15) is 0 Å². The van der Waals surface area contributed by atoms with Crippen LogP contribution in [0, 0.1) is 5.92 Å². The molecule has 2 N–H and O–H groups in total. The average Bonchev–Trinajstić information content (AvgIpc) is 1.68. The van der Waals surface area contributed by atoms with E-state index in [-0.39, 0.29) is 0 Å². The summed E-state index contributed by atoms with van der Waals surface area (Å²) in [7, 11) is 0. The Kier molecular flexibility index (Phi) is 4.10. The molecule has 44 valence electrons. The molecule has 0 aliphatic heterocycles. The fraction of sp³-hybridized carbons (Fsp3) is 1.00. The lowest BCUT2D eigenvalue weighted by Crippen LogP contribution is -2.04. The van der Waals surface area contributed by atoms with Gasteiger partial charge in [0, 0.05) is 0 Å². The molecule has 0 aliphatic rings. The van der Waals surface area contributed by atoms with Crippen LogP contribution in [0.5, 0.6) is 0 Å². The second kappa shape index (κ2) is 4.13. The van der Waals surface area contributed by atoms with Gasteiger partial charge in [-0.15, -0.1) is 0 Å². The summed E-state index contributed by atoms with van der Waals surface area (Å²) in [4.78, 5) is 0. The Labute approximate surface area is 45.9 Å². The third kappa shape index (κ3) is 3.80. The molecule has 1 heteroatoms. The highest BCUT2D eigenvalue weighted by atomic mass is 14.5. The lowest BCUT2D eigenvalue weighted by molar-refractivity contribution is 0.524. The van der Waals surface area contributed by atoms with Crippen LogP contribution in [-0.2, 0) is 0 Å². The minimum absolute atomic E-state index is 0.824. The van der Waals surface area contributed by atoms with Gasteiger partial charge in [0.05, 0.1) is 0 Å². The van der Waals surface area contributed by atoms with Crippen molar-refractivity contribution in [3.05, 3.63) is 0 Å². The quantitative estimate of drug-likeness (QED) is 0.571. The lowest BCUT2D eigenvalue weighted by Gasteiger charge is -2.02. The smallest absolute Gasteiger partial charge is 0.00747 e. The predicted octanol–water partition coefficient (Wildman–Crippen LogP) is 1.38. The third-order valence-electron chi connectivity index (χ3n) is 1.36. The Morgan fingerprint density at radius 3 is 2.29 bits per heavy atom. The largest absolute Gasteiger partial charge is 0.330 e. The average molecular weight is 101 g/mol. The molecular weight excluding hydrogens is 86.1 g/mol. The van der Waals surface area contributed by atoms with Gasteiger partial charge >= 0.3 is 0 Å². The zero-order valence-corrected chi connectivity index (χ0v) is 5.28. The second-order valence-corrected chi connectivity index (χ2v) is 2.09. The molecule has 0 aromatic rings. The fourth-order valence-electron chi connectivity index (χ4n) is 0.489.